The number of hydrogen-bond acceptors (Lipinski definition) is 4. The van der Waals surface area contributed by atoms with Crippen molar-refractivity contribution in [3.05, 3.63) is 23.8 Å². The molecule has 1 aromatic rings. The van der Waals surface area contributed by atoms with Gasteiger partial charge in [-0.05, 0) is 31.2 Å². The summed E-state index contributed by atoms with van der Waals surface area (Å²) in [5.41, 5.74) is 1.13. The lowest BCUT2D eigenvalue weighted by Gasteiger charge is -2.40. The standard InChI is InChI=1S/C22H37N3O3.HI/c1-7-23-21(24-14-16-10-8-12-18(26-5)19(16)27-6)25-15-17-11-9-13-28-20(17)22(2,3)4;/h8,10,12,17,20H,7,9,11,13-15H2,1-6H3,(H2,23,24,25);1H. The van der Waals surface area contributed by atoms with Gasteiger partial charge >= 0.3 is 0 Å². The molecule has 1 aliphatic rings. The third-order valence-corrected chi connectivity index (χ3v) is 5.07. The van der Waals surface area contributed by atoms with Gasteiger partial charge in [0.2, 0.25) is 0 Å². The van der Waals surface area contributed by atoms with Crippen LogP contribution in [0.1, 0.15) is 46.1 Å². The molecule has 166 valence electrons. The van der Waals surface area contributed by atoms with Crippen molar-refractivity contribution in [1.82, 2.24) is 10.6 Å². The van der Waals surface area contributed by atoms with Crippen LogP contribution in [0.2, 0.25) is 0 Å². The molecule has 0 aliphatic carbocycles. The quantitative estimate of drug-likeness (QED) is 0.321. The molecular weight excluding hydrogens is 481 g/mol. The summed E-state index contributed by atoms with van der Waals surface area (Å²) in [5.74, 6) is 2.74. The second kappa shape index (κ2) is 12.5. The van der Waals surface area contributed by atoms with E-state index in [2.05, 4.69) is 38.3 Å². The van der Waals surface area contributed by atoms with Crippen molar-refractivity contribution in [3.63, 3.8) is 0 Å². The molecule has 0 bridgehead atoms. The van der Waals surface area contributed by atoms with Gasteiger partial charge in [-0.1, -0.05) is 32.9 Å². The average Bonchev–Trinajstić information content (AvgIpc) is 2.69. The predicted octanol–water partition coefficient (Wildman–Crippen LogP) is 4.22. The molecule has 2 atom stereocenters. The molecular formula is C22H38IN3O3. The normalized spacial score (nSPS) is 19.9. The highest BCUT2D eigenvalue weighted by molar-refractivity contribution is 14.0. The number of benzene rings is 1. The van der Waals surface area contributed by atoms with Crippen LogP contribution in [0.5, 0.6) is 11.5 Å². The number of hydrogen-bond donors (Lipinski definition) is 2. The summed E-state index contributed by atoms with van der Waals surface area (Å²) >= 11 is 0. The summed E-state index contributed by atoms with van der Waals surface area (Å²) in [5, 5.41) is 6.85. The molecule has 29 heavy (non-hydrogen) atoms. The van der Waals surface area contributed by atoms with Gasteiger partial charge in [0.05, 0.1) is 26.9 Å². The Morgan fingerprint density at radius 1 is 1.21 bits per heavy atom. The van der Waals surface area contributed by atoms with Crippen LogP contribution in [0.3, 0.4) is 0 Å². The second-order valence-electron chi connectivity index (χ2n) is 8.29. The molecule has 2 rings (SSSR count). The van der Waals surface area contributed by atoms with Crippen LogP contribution in [-0.4, -0.2) is 46.0 Å². The minimum absolute atomic E-state index is 0. The van der Waals surface area contributed by atoms with Crippen LogP contribution in [0.25, 0.3) is 0 Å². The summed E-state index contributed by atoms with van der Waals surface area (Å²) in [4.78, 5) is 4.76. The molecule has 1 fully saturated rings. The smallest absolute Gasteiger partial charge is 0.191 e. The lowest BCUT2D eigenvalue weighted by molar-refractivity contribution is -0.0835. The first kappa shape index (κ1) is 25.8. The monoisotopic (exact) mass is 519 g/mol. The zero-order chi connectivity index (χ0) is 20.6. The van der Waals surface area contributed by atoms with Gasteiger partial charge < -0.3 is 24.8 Å². The Balaban J connectivity index is 0.00000420. The molecule has 1 heterocycles. The lowest BCUT2D eigenvalue weighted by Crippen LogP contribution is -2.47. The number of para-hydroxylation sites is 1. The van der Waals surface area contributed by atoms with Crippen LogP contribution < -0.4 is 20.1 Å². The van der Waals surface area contributed by atoms with E-state index in [1.807, 2.05) is 18.2 Å². The van der Waals surface area contributed by atoms with Crippen LogP contribution in [0.4, 0.5) is 0 Å². The molecule has 6 nitrogen and oxygen atoms in total. The molecule has 0 saturated carbocycles. The van der Waals surface area contributed by atoms with E-state index in [0.29, 0.717) is 12.5 Å². The molecule has 1 saturated heterocycles. The Bertz CT molecular complexity index is 647. The Kier molecular flexibility index (Phi) is 11.1. The zero-order valence-corrected chi connectivity index (χ0v) is 21.0. The Labute approximate surface area is 193 Å². The van der Waals surface area contributed by atoms with E-state index in [4.69, 9.17) is 19.2 Å². The van der Waals surface area contributed by atoms with Crippen LogP contribution >= 0.6 is 24.0 Å². The van der Waals surface area contributed by atoms with E-state index in [9.17, 15) is 0 Å². The van der Waals surface area contributed by atoms with E-state index < -0.39 is 0 Å². The topological polar surface area (TPSA) is 64.1 Å². The molecule has 2 N–H and O–H groups in total. The fourth-order valence-electron chi connectivity index (χ4n) is 3.82. The van der Waals surface area contributed by atoms with Gasteiger partial charge in [0.25, 0.3) is 0 Å². The fourth-order valence-corrected chi connectivity index (χ4v) is 3.82. The van der Waals surface area contributed by atoms with Crippen LogP contribution in [0.15, 0.2) is 23.2 Å². The van der Waals surface area contributed by atoms with Crippen molar-refractivity contribution in [2.24, 2.45) is 16.3 Å². The average molecular weight is 519 g/mol. The van der Waals surface area contributed by atoms with Crippen molar-refractivity contribution in [2.45, 2.75) is 53.2 Å². The number of methoxy groups -OCH3 is 2. The van der Waals surface area contributed by atoms with E-state index >= 15 is 0 Å². The maximum atomic E-state index is 6.10. The van der Waals surface area contributed by atoms with Gasteiger partial charge in [0.15, 0.2) is 17.5 Å². The van der Waals surface area contributed by atoms with Gasteiger partial charge in [0, 0.05) is 31.2 Å². The molecule has 0 radical (unpaired) electrons. The first-order valence-corrected chi connectivity index (χ1v) is 10.2. The van der Waals surface area contributed by atoms with Crippen molar-refractivity contribution in [3.8, 4) is 11.5 Å². The van der Waals surface area contributed by atoms with E-state index in [1.165, 1.54) is 6.42 Å². The highest BCUT2D eigenvalue weighted by Crippen LogP contribution is 2.34. The van der Waals surface area contributed by atoms with Crippen molar-refractivity contribution in [1.29, 1.82) is 0 Å². The molecule has 1 aliphatic heterocycles. The van der Waals surface area contributed by atoms with Crippen molar-refractivity contribution < 1.29 is 14.2 Å². The van der Waals surface area contributed by atoms with Gasteiger partial charge in [-0.15, -0.1) is 24.0 Å². The number of ether oxygens (including phenoxy) is 3. The molecule has 0 spiro atoms. The zero-order valence-electron chi connectivity index (χ0n) is 18.7. The number of rotatable bonds is 7. The summed E-state index contributed by atoms with van der Waals surface area (Å²) in [6.07, 6.45) is 2.56. The number of nitrogens with zero attached hydrogens (tertiary/aromatic N) is 1. The molecule has 2 unspecified atom stereocenters. The maximum Gasteiger partial charge on any atom is 0.191 e. The van der Waals surface area contributed by atoms with Crippen molar-refractivity contribution >= 4 is 29.9 Å². The highest BCUT2D eigenvalue weighted by Gasteiger charge is 2.35. The molecule has 7 heteroatoms. The van der Waals surface area contributed by atoms with Crippen LogP contribution in [0, 0.1) is 11.3 Å². The third kappa shape index (κ3) is 7.51. The Hall–Kier alpha value is -1.22. The summed E-state index contributed by atoms with van der Waals surface area (Å²) in [6.45, 7) is 11.9. The first-order chi connectivity index (χ1) is 13.4. The molecule has 0 aromatic heterocycles. The van der Waals surface area contributed by atoms with Crippen molar-refractivity contribution in [2.75, 3.05) is 33.9 Å². The summed E-state index contributed by atoms with van der Waals surface area (Å²) in [6, 6.07) is 5.87. The van der Waals surface area contributed by atoms with Gasteiger partial charge in [-0.3, -0.25) is 0 Å². The second-order valence-corrected chi connectivity index (χ2v) is 8.29. The van der Waals surface area contributed by atoms with Crippen LogP contribution in [-0.2, 0) is 11.3 Å². The molecule has 1 aromatic carbocycles. The Morgan fingerprint density at radius 3 is 2.59 bits per heavy atom. The van der Waals surface area contributed by atoms with Gasteiger partial charge in [0.1, 0.15) is 0 Å². The molecule has 0 amide bonds. The SMILES string of the molecule is CCNC(=NCc1cccc(OC)c1OC)NCC1CCCOC1C(C)(C)C.I. The number of aliphatic imine (C=N–C) groups is 1. The van der Waals surface area contributed by atoms with E-state index in [1.54, 1.807) is 14.2 Å². The minimum atomic E-state index is 0. The number of halogens is 1. The van der Waals surface area contributed by atoms with Gasteiger partial charge in [-0.25, -0.2) is 4.99 Å². The van der Waals surface area contributed by atoms with E-state index in [0.717, 1.165) is 49.1 Å². The largest absolute Gasteiger partial charge is 0.493 e. The maximum absolute atomic E-state index is 6.10. The highest BCUT2D eigenvalue weighted by atomic mass is 127. The Morgan fingerprint density at radius 2 is 1.97 bits per heavy atom. The summed E-state index contributed by atoms with van der Waals surface area (Å²) < 4.78 is 17.0. The number of guanidine groups is 1. The van der Waals surface area contributed by atoms with E-state index in [-0.39, 0.29) is 35.5 Å². The minimum Gasteiger partial charge on any atom is -0.493 e. The first-order valence-electron chi connectivity index (χ1n) is 10.2. The third-order valence-electron chi connectivity index (χ3n) is 5.07. The number of nitrogens with one attached hydrogen (secondary N) is 2. The lowest BCUT2D eigenvalue weighted by atomic mass is 9.78. The predicted molar refractivity (Wildman–Crippen MR) is 130 cm³/mol. The summed E-state index contributed by atoms with van der Waals surface area (Å²) in [7, 11) is 3.30. The van der Waals surface area contributed by atoms with Gasteiger partial charge in [-0.2, -0.15) is 0 Å². The fraction of sp³-hybridized carbons (Fsp3) is 0.682.